The van der Waals surface area contributed by atoms with Crippen molar-refractivity contribution in [3.05, 3.63) is 0 Å². The lowest BCUT2D eigenvalue weighted by molar-refractivity contribution is -0.159. The first-order valence-electron chi connectivity index (χ1n) is 5.41. The lowest BCUT2D eigenvalue weighted by Gasteiger charge is -2.38. The highest BCUT2D eigenvalue weighted by atomic mass is 16.2. The summed E-state index contributed by atoms with van der Waals surface area (Å²) in [7, 11) is 1.79. The number of ketones is 1. The maximum atomic E-state index is 12.0. The van der Waals surface area contributed by atoms with E-state index >= 15 is 0 Å². The third kappa shape index (κ3) is 1.66. The molecule has 2 aliphatic rings. The van der Waals surface area contributed by atoms with E-state index in [4.69, 9.17) is 0 Å². The van der Waals surface area contributed by atoms with Gasteiger partial charge in [-0.3, -0.25) is 14.6 Å². The molecule has 0 aromatic carbocycles. The minimum Gasteiger partial charge on any atom is -0.309 e. The zero-order valence-electron chi connectivity index (χ0n) is 9.19. The lowest BCUT2D eigenvalue weighted by Crippen LogP contribution is -2.59. The summed E-state index contributed by atoms with van der Waals surface area (Å²) in [6, 6.07) is -0.352. The van der Waals surface area contributed by atoms with Crippen molar-refractivity contribution < 1.29 is 11.0 Å². The van der Waals surface area contributed by atoms with E-state index in [2.05, 4.69) is 5.32 Å². The number of amides is 1. The Hall–Kier alpha value is -0.940. The van der Waals surface area contributed by atoms with Crippen molar-refractivity contribution in [1.82, 2.24) is 15.3 Å². The molecule has 1 N–H and O–H groups in total. The number of hydrogen-bond donors (Lipinski definition) is 1. The summed E-state index contributed by atoms with van der Waals surface area (Å²) in [5.41, 5.74) is 0. The smallest absolute Gasteiger partial charge is 0.254 e. The zero-order chi connectivity index (χ0) is 11.0. The molecule has 2 rings (SSSR count). The van der Waals surface area contributed by atoms with Gasteiger partial charge in [-0.25, -0.2) is 5.01 Å². The van der Waals surface area contributed by atoms with Crippen molar-refractivity contribution in [3.63, 3.8) is 0 Å². The summed E-state index contributed by atoms with van der Waals surface area (Å²) in [6.07, 6.45) is 1.61. The van der Waals surface area contributed by atoms with Crippen LogP contribution in [0.5, 0.6) is 0 Å². The zero-order valence-corrected chi connectivity index (χ0v) is 9.19. The van der Waals surface area contributed by atoms with Gasteiger partial charge in [-0.05, 0) is 26.8 Å². The Balaban J connectivity index is 0.00000128. The molecule has 0 aromatic heterocycles. The van der Waals surface area contributed by atoms with Gasteiger partial charge < -0.3 is 5.32 Å². The second-order valence-electron chi connectivity index (χ2n) is 4.18. The van der Waals surface area contributed by atoms with Crippen molar-refractivity contribution in [2.24, 2.45) is 0 Å². The van der Waals surface area contributed by atoms with Crippen LogP contribution >= 0.6 is 0 Å². The van der Waals surface area contributed by atoms with Gasteiger partial charge in [-0.2, -0.15) is 0 Å². The van der Waals surface area contributed by atoms with Gasteiger partial charge in [-0.1, -0.05) is 0 Å². The first kappa shape index (κ1) is 10.6. The number of nitrogens with one attached hydrogen (secondary N) is 1. The Kier molecular flexibility index (Phi) is 2.75. The molecule has 2 atom stereocenters. The molecule has 2 unspecified atom stereocenters. The molecule has 2 saturated heterocycles. The predicted octanol–water partition coefficient (Wildman–Crippen LogP) is -0.369. The average molecular weight is 213 g/mol. The van der Waals surface area contributed by atoms with Crippen LogP contribution in [0.2, 0.25) is 0 Å². The molecule has 5 nitrogen and oxygen atoms in total. The summed E-state index contributed by atoms with van der Waals surface area (Å²) in [4.78, 5) is 23.4. The number of nitrogens with zero attached hydrogens (tertiary/aromatic N) is 2. The van der Waals surface area contributed by atoms with Crippen LogP contribution in [0.4, 0.5) is 0 Å². The van der Waals surface area contributed by atoms with Crippen molar-refractivity contribution in [1.29, 1.82) is 0 Å². The molecule has 0 radical (unpaired) electrons. The summed E-state index contributed by atoms with van der Waals surface area (Å²) in [5, 5.41) is 6.66. The highest BCUT2D eigenvalue weighted by molar-refractivity contribution is 5.90. The van der Waals surface area contributed by atoms with Gasteiger partial charge in [-0.15, -0.1) is 0 Å². The third-order valence-corrected chi connectivity index (χ3v) is 3.28. The Labute approximate surface area is 90.9 Å². The molecule has 2 fully saturated rings. The van der Waals surface area contributed by atoms with E-state index in [1.807, 2.05) is 5.01 Å². The molecule has 5 heteroatoms. The fraction of sp³-hybridized carbons (Fsp3) is 0.800. The third-order valence-electron chi connectivity index (χ3n) is 3.28. The van der Waals surface area contributed by atoms with Gasteiger partial charge in [0.2, 0.25) is 0 Å². The minimum absolute atomic E-state index is 0. The monoisotopic (exact) mass is 213 g/mol. The average Bonchev–Trinajstić information content (AvgIpc) is 2.63. The van der Waals surface area contributed by atoms with Gasteiger partial charge in [0.1, 0.15) is 6.04 Å². The van der Waals surface area contributed by atoms with Crippen molar-refractivity contribution in [3.8, 4) is 0 Å². The van der Waals surface area contributed by atoms with Crippen LogP contribution in [0.15, 0.2) is 0 Å². The summed E-state index contributed by atoms with van der Waals surface area (Å²) in [5.74, 6) is 0.129. The molecular formula is C10H19N3O2. The summed E-state index contributed by atoms with van der Waals surface area (Å²) in [6.45, 7) is 3.25. The number of likely N-dealkylation sites (N-methyl/N-ethyl adjacent to an activating group) is 1. The normalized spacial score (nSPS) is 31.9. The number of hydrazine groups is 1. The lowest BCUT2D eigenvalue weighted by atomic mass is 10.1. The number of Topliss-reactive ketones (excluding diaryl/α,β-unsaturated/α-hetero) is 1. The van der Waals surface area contributed by atoms with Crippen LogP contribution in [0.25, 0.3) is 0 Å². The van der Waals surface area contributed by atoms with Crippen molar-refractivity contribution in [2.45, 2.75) is 31.8 Å². The summed E-state index contributed by atoms with van der Waals surface area (Å²) < 4.78 is 0. The fourth-order valence-corrected chi connectivity index (χ4v) is 2.42. The van der Waals surface area contributed by atoms with Crippen molar-refractivity contribution in [2.75, 3.05) is 20.1 Å². The van der Waals surface area contributed by atoms with Crippen LogP contribution < -0.4 is 5.32 Å². The number of carbonyl (C=O) groups is 2. The van der Waals surface area contributed by atoms with E-state index in [0.29, 0.717) is 0 Å². The molecule has 1 amide bonds. The van der Waals surface area contributed by atoms with Gasteiger partial charge in [0.25, 0.3) is 5.91 Å². The van der Waals surface area contributed by atoms with E-state index in [1.165, 1.54) is 0 Å². The first-order chi connectivity index (χ1) is 7.15. The molecule has 2 heterocycles. The molecule has 2 aliphatic heterocycles. The van der Waals surface area contributed by atoms with E-state index in [9.17, 15) is 9.59 Å². The molecule has 0 bridgehead atoms. The molecule has 0 aromatic rings. The van der Waals surface area contributed by atoms with Crippen LogP contribution in [0.1, 0.15) is 21.2 Å². The quantitative estimate of drug-likeness (QED) is 0.680. The van der Waals surface area contributed by atoms with Gasteiger partial charge in [0.05, 0.1) is 6.04 Å². The van der Waals surface area contributed by atoms with Crippen LogP contribution in [0, 0.1) is 0 Å². The minimum atomic E-state index is -0.228. The van der Waals surface area contributed by atoms with Crippen LogP contribution in [-0.4, -0.2) is 53.9 Å². The SMILES string of the molecule is CNC1CCN2CCC(C(C)=O)N2C1=O.[HH]. The Bertz CT molecular complexity index is 298. The van der Waals surface area contributed by atoms with E-state index in [-0.39, 0.29) is 25.2 Å². The summed E-state index contributed by atoms with van der Waals surface area (Å²) >= 11 is 0. The Morgan fingerprint density at radius 1 is 1.47 bits per heavy atom. The first-order valence-corrected chi connectivity index (χ1v) is 5.41. The largest absolute Gasteiger partial charge is 0.309 e. The molecule has 15 heavy (non-hydrogen) atoms. The Morgan fingerprint density at radius 2 is 2.13 bits per heavy atom. The van der Waals surface area contributed by atoms with Gasteiger partial charge in [0.15, 0.2) is 5.78 Å². The van der Waals surface area contributed by atoms with E-state index in [1.54, 1.807) is 19.0 Å². The van der Waals surface area contributed by atoms with Gasteiger partial charge in [0, 0.05) is 14.5 Å². The Morgan fingerprint density at radius 3 is 2.73 bits per heavy atom. The van der Waals surface area contributed by atoms with Crippen molar-refractivity contribution >= 4 is 11.7 Å². The molecule has 86 valence electrons. The molecular weight excluding hydrogens is 194 g/mol. The van der Waals surface area contributed by atoms with E-state index < -0.39 is 0 Å². The highest BCUT2D eigenvalue weighted by Crippen LogP contribution is 2.24. The topological polar surface area (TPSA) is 52.7 Å². The predicted molar refractivity (Wildman–Crippen MR) is 57.1 cm³/mol. The maximum Gasteiger partial charge on any atom is 0.254 e. The molecule has 0 spiro atoms. The highest BCUT2D eigenvalue weighted by Gasteiger charge is 2.43. The second kappa shape index (κ2) is 3.90. The van der Waals surface area contributed by atoms with Crippen LogP contribution in [0.3, 0.4) is 0 Å². The van der Waals surface area contributed by atoms with Crippen LogP contribution in [-0.2, 0) is 9.59 Å². The van der Waals surface area contributed by atoms with E-state index in [0.717, 1.165) is 25.9 Å². The number of hydrogen-bond acceptors (Lipinski definition) is 4. The number of rotatable bonds is 2. The maximum absolute atomic E-state index is 12.0. The molecule has 0 aliphatic carbocycles. The number of carbonyl (C=O) groups excluding carboxylic acids is 2. The standard InChI is InChI=1S/C10H17N3O2.H2/c1-7(14)9-4-6-12-5-3-8(11-2)10(15)13(9)12;/h8-9,11H,3-6H2,1-2H3;1H. The van der Waals surface area contributed by atoms with Gasteiger partial charge >= 0.3 is 0 Å². The molecule has 0 saturated carbocycles. The fourth-order valence-electron chi connectivity index (χ4n) is 2.42. The number of fused-ring (bicyclic) bond motifs is 1. The second-order valence-corrected chi connectivity index (χ2v) is 4.18.